The van der Waals surface area contributed by atoms with Gasteiger partial charge in [-0.3, -0.25) is 14.7 Å². The second kappa shape index (κ2) is 11.1. The van der Waals surface area contributed by atoms with Gasteiger partial charge in [0.25, 0.3) is 0 Å². The highest BCUT2D eigenvalue weighted by Gasteiger charge is 2.49. The number of nitrogens with zero attached hydrogens (tertiary/aromatic N) is 5. The first-order valence-electron chi connectivity index (χ1n) is 15.6. The molecule has 2 bridgehead atoms. The first kappa shape index (κ1) is 27.9. The van der Waals surface area contributed by atoms with Crippen LogP contribution in [-0.4, -0.2) is 82.7 Å². The van der Waals surface area contributed by atoms with Gasteiger partial charge in [0, 0.05) is 59.9 Å². The van der Waals surface area contributed by atoms with Crippen molar-refractivity contribution < 1.29 is 13.9 Å². The lowest BCUT2D eigenvalue weighted by Gasteiger charge is -2.35. The average molecular weight is 616 g/mol. The molecule has 0 aliphatic carbocycles. The fraction of sp³-hybridized carbons (Fsp3) is 0.455. The fourth-order valence-electron chi connectivity index (χ4n) is 8.19. The van der Waals surface area contributed by atoms with E-state index in [9.17, 15) is 4.79 Å². The minimum Gasteiger partial charge on any atom is -0.461 e. The molecule has 9 nitrogen and oxygen atoms in total. The summed E-state index contributed by atoms with van der Waals surface area (Å²) in [6.07, 6.45) is 8.75. The first-order valence-corrected chi connectivity index (χ1v) is 16.0. The Hall–Kier alpha value is -3.60. The largest absolute Gasteiger partial charge is 0.461 e. The highest BCUT2D eigenvalue weighted by Crippen LogP contribution is 2.43. The van der Waals surface area contributed by atoms with Crippen molar-refractivity contribution in [3.05, 3.63) is 53.4 Å². The fourth-order valence-corrected chi connectivity index (χ4v) is 8.47. The van der Waals surface area contributed by atoms with Crippen molar-refractivity contribution in [1.82, 2.24) is 30.5 Å². The summed E-state index contributed by atoms with van der Waals surface area (Å²) in [7, 11) is 0. The van der Waals surface area contributed by atoms with Crippen molar-refractivity contribution in [2.45, 2.75) is 62.2 Å². The lowest BCUT2D eigenvalue weighted by atomic mass is 9.95. The summed E-state index contributed by atoms with van der Waals surface area (Å²) < 4.78 is 23.1. The van der Waals surface area contributed by atoms with Gasteiger partial charge in [-0.15, -0.1) is 0 Å². The van der Waals surface area contributed by atoms with Gasteiger partial charge in [-0.2, -0.15) is 9.97 Å². The number of ether oxygens (including phenoxy) is 1. The molecule has 228 valence electrons. The molecule has 4 aromatic rings. The minimum absolute atomic E-state index is 0.135. The Morgan fingerprint density at radius 1 is 1.11 bits per heavy atom. The molecular formula is C33H35ClFN7O2. The number of benzene rings is 2. The Labute approximate surface area is 260 Å². The van der Waals surface area contributed by atoms with Crippen LogP contribution in [0.25, 0.3) is 32.9 Å². The van der Waals surface area contributed by atoms with Crippen LogP contribution in [0.3, 0.4) is 0 Å². The van der Waals surface area contributed by atoms with Crippen molar-refractivity contribution in [3.8, 4) is 17.3 Å². The van der Waals surface area contributed by atoms with Crippen LogP contribution >= 0.6 is 11.6 Å². The van der Waals surface area contributed by atoms with Crippen LogP contribution in [0.2, 0.25) is 5.02 Å². The predicted molar refractivity (Wildman–Crippen MR) is 169 cm³/mol. The molecule has 4 fully saturated rings. The maximum atomic E-state index is 16.7. The molecule has 4 aliphatic heterocycles. The molecule has 2 N–H and O–H groups in total. The van der Waals surface area contributed by atoms with Crippen LogP contribution in [0.15, 0.2) is 42.6 Å². The van der Waals surface area contributed by atoms with Gasteiger partial charge >= 0.3 is 6.01 Å². The van der Waals surface area contributed by atoms with E-state index in [0.717, 1.165) is 75.3 Å². The standard InChI is InChI=1S/C33H35ClFN7O2/c34-26-7-2-5-20-4-1-6-24(27(20)26)29-28(35)30-25(15-37-29)31(41-16-21-8-9-22(17-41)38-21)40-32(39-30)44-18-33-11-3-13-42(33)23(10-12-33)14-36-19-43/h1-2,4-7,15,19,21-23,38H,3,8-14,16-18H2,(H,36,43)/t21?,22?,23?,33-/m1/s1. The van der Waals surface area contributed by atoms with E-state index in [2.05, 4.69) is 25.4 Å². The molecule has 6 heterocycles. The van der Waals surface area contributed by atoms with Gasteiger partial charge in [-0.05, 0) is 56.5 Å². The molecule has 4 saturated heterocycles. The summed E-state index contributed by atoms with van der Waals surface area (Å²) in [5.74, 6) is 0.153. The topological polar surface area (TPSA) is 95.5 Å². The number of carbonyl (C=O) groups excluding carboxylic acids is 1. The quantitative estimate of drug-likeness (QED) is 0.276. The van der Waals surface area contributed by atoms with Gasteiger partial charge in [0.15, 0.2) is 5.82 Å². The normalized spacial score (nSPS) is 26.4. The summed E-state index contributed by atoms with van der Waals surface area (Å²) >= 11 is 6.62. The second-order valence-electron chi connectivity index (χ2n) is 12.7. The van der Waals surface area contributed by atoms with Crippen molar-refractivity contribution in [2.75, 3.05) is 37.7 Å². The van der Waals surface area contributed by atoms with Crippen LogP contribution in [0.1, 0.15) is 38.5 Å². The molecule has 0 saturated carbocycles. The summed E-state index contributed by atoms with van der Waals surface area (Å²) in [5, 5.41) is 9.32. The number of pyridine rings is 1. The van der Waals surface area contributed by atoms with E-state index in [1.807, 2.05) is 36.4 Å². The van der Waals surface area contributed by atoms with Gasteiger partial charge in [0.2, 0.25) is 6.41 Å². The summed E-state index contributed by atoms with van der Waals surface area (Å²) in [6.45, 7) is 3.59. The Morgan fingerprint density at radius 3 is 2.75 bits per heavy atom. The number of nitrogens with one attached hydrogen (secondary N) is 2. The number of rotatable bonds is 8. The van der Waals surface area contributed by atoms with Crippen molar-refractivity contribution >= 4 is 45.5 Å². The van der Waals surface area contributed by atoms with Crippen molar-refractivity contribution in [2.24, 2.45) is 0 Å². The average Bonchev–Trinajstić information content (AvgIpc) is 3.71. The Balaban J connectivity index is 1.20. The smallest absolute Gasteiger partial charge is 0.319 e. The molecule has 8 rings (SSSR count). The lowest BCUT2D eigenvalue weighted by Crippen LogP contribution is -2.51. The summed E-state index contributed by atoms with van der Waals surface area (Å²) in [4.78, 5) is 30.0. The Bertz CT molecular complexity index is 1740. The Kier molecular flexibility index (Phi) is 7.03. The van der Waals surface area contributed by atoms with E-state index in [1.165, 1.54) is 0 Å². The maximum absolute atomic E-state index is 16.7. The van der Waals surface area contributed by atoms with Crippen LogP contribution in [0.4, 0.5) is 10.2 Å². The number of hydrogen-bond acceptors (Lipinski definition) is 8. The van der Waals surface area contributed by atoms with E-state index in [1.54, 1.807) is 6.20 Å². The van der Waals surface area contributed by atoms with Gasteiger partial charge in [0.05, 0.1) is 10.9 Å². The zero-order valence-electron chi connectivity index (χ0n) is 24.4. The third-order valence-electron chi connectivity index (χ3n) is 10.2. The van der Waals surface area contributed by atoms with E-state index in [0.29, 0.717) is 47.0 Å². The number of amides is 1. The zero-order valence-corrected chi connectivity index (χ0v) is 25.2. The second-order valence-corrected chi connectivity index (χ2v) is 13.1. The highest BCUT2D eigenvalue weighted by molar-refractivity contribution is 6.36. The van der Waals surface area contributed by atoms with Crippen LogP contribution in [0.5, 0.6) is 6.01 Å². The predicted octanol–water partition coefficient (Wildman–Crippen LogP) is 4.70. The number of anilines is 1. The van der Waals surface area contributed by atoms with Crippen molar-refractivity contribution in [3.63, 3.8) is 0 Å². The van der Waals surface area contributed by atoms with Crippen LogP contribution in [0, 0.1) is 5.82 Å². The lowest BCUT2D eigenvalue weighted by molar-refractivity contribution is -0.109. The number of hydrogen-bond donors (Lipinski definition) is 2. The van der Waals surface area contributed by atoms with Gasteiger partial charge in [-0.25, -0.2) is 4.39 Å². The van der Waals surface area contributed by atoms with E-state index in [-0.39, 0.29) is 28.8 Å². The number of fused-ring (bicyclic) bond motifs is 5. The molecule has 3 unspecified atom stereocenters. The van der Waals surface area contributed by atoms with Gasteiger partial charge < -0.3 is 20.3 Å². The Morgan fingerprint density at radius 2 is 1.93 bits per heavy atom. The SMILES string of the molecule is O=CNCC1CC[C@@]2(COc3nc(N4CC5CCC(C4)N5)c4cnc(-c5cccc6cccc(Cl)c56)c(F)c4n3)CCCN12. The van der Waals surface area contributed by atoms with Gasteiger partial charge in [-0.1, -0.05) is 41.9 Å². The third kappa shape index (κ3) is 4.66. The van der Waals surface area contributed by atoms with E-state index < -0.39 is 5.82 Å². The molecule has 44 heavy (non-hydrogen) atoms. The van der Waals surface area contributed by atoms with Gasteiger partial charge in [0.1, 0.15) is 23.6 Å². The third-order valence-corrected chi connectivity index (χ3v) is 10.5. The summed E-state index contributed by atoms with van der Waals surface area (Å²) in [6, 6.07) is 12.6. The molecule has 11 heteroatoms. The summed E-state index contributed by atoms with van der Waals surface area (Å²) in [5.41, 5.74) is 0.889. The minimum atomic E-state index is -0.511. The molecule has 0 spiro atoms. The monoisotopic (exact) mass is 615 g/mol. The molecule has 4 atom stereocenters. The zero-order chi connectivity index (χ0) is 29.8. The van der Waals surface area contributed by atoms with E-state index in [4.69, 9.17) is 26.3 Å². The molecular weight excluding hydrogens is 581 g/mol. The number of halogens is 2. The molecule has 0 radical (unpaired) electrons. The number of aromatic nitrogens is 3. The maximum Gasteiger partial charge on any atom is 0.319 e. The molecule has 4 aliphatic rings. The van der Waals surface area contributed by atoms with Crippen LogP contribution < -0.4 is 20.3 Å². The van der Waals surface area contributed by atoms with Crippen molar-refractivity contribution in [1.29, 1.82) is 0 Å². The highest BCUT2D eigenvalue weighted by atomic mass is 35.5. The van der Waals surface area contributed by atoms with Crippen LogP contribution in [-0.2, 0) is 4.79 Å². The molecule has 2 aromatic heterocycles. The number of piperazine rings is 1. The molecule has 1 amide bonds. The number of carbonyl (C=O) groups is 1. The molecule has 2 aromatic carbocycles. The first-order chi connectivity index (χ1) is 21.5. The van der Waals surface area contributed by atoms with E-state index >= 15 is 4.39 Å².